The minimum atomic E-state index is -2.95. The normalized spacial score (nSPS) is 11.1. The molecule has 2 aromatic carbocycles. The minimum Gasteiger partial charge on any atom is -0.493 e. The van der Waals surface area contributed by atoms with Crippen molar-refractivity contribution in [2.45, 2.75) is 16.7 Å². The lowest BCUT2D eigenvalue weighted by molar-refractivity contribution is -0.0512. The van der Waals surface area contributed by atoms with Gasteiger partial charge in [-0.25, -0.2) is 4.68 Å². The van der Waals surface area contributed by atoms with Gasteiger partial charge in [0.2, 0.25) is 11.7 Å². The molecule has 0 radical (unpaired) electrons. The third-order valence-corrected chi connectivity index (χ3v) is 6.31. The zero-order chi connectivity index (χ0) is 21.8. The van der Waals surface area contributed by atoms with Gasteiger partial charge in [0.1, 0.15) is 0 Å². The van der Waals surface area contributed by atoms with Crippen LogP contribution in [0.2, 0.25) is 0 Å². The lowest BCUT2D eigenvalue weighted by atomic mass is 10.2. The van der Waals surface area contributed by atoms with Crippen molar-refractivity contribution in [3.8, 4) is 28.6 Å². The summed E-state index contributed by atoms with van der Waals surface area (Å²) in [7, 11) is 1.36. The third kappa shape index (κ3) is 5.09. The van der Waals surface area contributed by atoms with E-state index in [1.165, 1.54) is 42.3 Å². The van der Waals surface area contributed by atoms with Crippen molar-refractivity contribution in [1.82, 2.24) is 19.9 Å². The van der Waals surface area contributed by atoms with Crippen LogP contribution in [0.4, 0.5) is 8.78 Å². The van der Waals surface area contributed by atoms with Gasteiger partial charge in [0.25, 0.3) is 0 Å². The van der Waals surface area contributed by atoms with Crippen LogP contribution >= 0.6 is 35.3 Å². The van der Waals surface area contributed by atoms with Crippen LogP contribution in [0.3, 0.4) is 0 Å². The molecule has 0 bridgehead atoms. The highest BCUT2D eigenvalue weighted by atomic mass is 32.2. The van der Waals surface area contributed by atoms with E-state index in [1.54, 1.807) is 10.7 Å². The van der Waals surface area contributed by atoms with Crippen molar-refractivity contribution in [2.75, 3.05) is 7.11 Å². The van der Waals surface area contributed by atoms with Gasteiger partial charge in [-0.15, -0.1) is 5.10 Å². The summed E-state index contributed by atoms with van der Waals surface area (Å²) < 4.78 is 42.9. The predicted molar refractivity (Wildman–Crippen MR) is 115 cm³/mol. The molecule has 2 heterocycles. The summed E-state index contributed by atoms with van der Waals surface area (Å²) >= 11 is 8.21. The topological polar surface area (TPSA) is 75.2 Å². The molecular formula is C19H14F2N4O3S3. The van der Waals surface area contributed by atoms with E-state index in [2.05, 4.69) is 20.0 Å². The first-order valence-electron chi connectivity index (χ1n) is 8.77. The molecular weight excluding hydrogens is 466 g/mol. The SMILES string of the molecule is COc1cc(-c2noc(CSc3nn(-c4ccccc4)c(=S)s3)n2)ccc1OC(F)F. The maximum atomic E-state index is 12.5. The fourth-order valence-corrected chi connectivity index (χ4v) is 4.80. The first kappa shape index (κ1) is 21.4. The first-order chi connectivity index (χ1) is 15.0. The smallest absolute Gasteiger partial charge is 0.387 e. The average molecular weight is 481 g/mol. The van der Waals surface area contributed by atoms with Crippen LogP contribution in [0.15, 0.2) is 57.4 Å². The fraction of sp³-hybridized carbons (Fsp3) is 0.158. The zero-order valence-electron chi connectivity index (χ0n) is 15.9. The van der Waals surface area contributed by atoms with Gasteiger partial charge >= 0.3 is 6.61 Å². The molecule has 7 nitrogen and oxygen atoms in total. The maximum Gasteiger partial charge on any atom is 0.387 e. The number of alkyl halides is 2. The molecule has 0 fully saturated rings. The molecule has 0 aliphatic heterocycles. The van der Waals surface area contributed by atoms with Gasteiger partial charge in [-0.2, -0.15) is 13.8 Å². The van der Waals surface area contributed by atoms with Crippen LogP contribution in [-0.4, -0.2) is 33.6 Å². The molecule has 12 heteroatoms. The average Bonchev–Trinajstić information content (AvgIpc) is 3.39. The fourth-order valence-electron chi connectivity index (χ4n) is 2.61. The molecule has 0 spiro atoms. The van der Waals surface area contributed by atoms with Crippen LogP contribution < -0.4 is 9.47 Å². The number of halogens is 2. The number of nitrogens with zero attached hydrogens (tertiary/aromatic N) is 4. The molecule has 160 valence electrons. The first-order valence-corrected chi connectivity index (χ1v) is 11.0. The molecule has 0 aliphatic rings. The van der Waals surface area contributed by atoms with Crippen LogP contribution in [0.25, 0.3) is 17.1 Å². The number of methoxy groups -OCH3 is 1. The zero-order valence-corrected chi connectivity index (χ0v) is 18.3. The Morgan fingerprint density at radius 3 is 2.74 bits per heavy atom. The monoisotopic (exact) mass is 480 g/mol. The van der Waals surface area contributed by atoms with Crippen molar-refractivity contribution < 1.29 is 22.8 Å². The van der Waals surface area contributed by atoms with E-state index < -0.39 is 6.61 Å². The summed E-state index contributed by atoms with van der Waals surface area (Å²) in [6, 6.07) is 14.1. The summed E-state index contributed by atoms with van der Waals surface area (Å²) in [6.45, 7) is -2.95. The highest BCUT2D eigenvalue weighted by molar-refractivity contribution is 8.00. The molecule has 0 saturated carbocycles. The van der Waals surface area contributed by atoms with Gasteiger partial charge in [-0.1, -0.05) is 46.5 Å². The number of hydrogen-bond donors (Lipinski definition) is 0. The van der Waals surface area contributed by atoms with Gasteiger partial charge in [-0.3, -0.25) is 0 Å². The van der Waals surface area contributed by atoms with E-state index in [0.29, 0.717) is 27.0 Å². The second-order valence-corrected chi connectivity index (χ2v) is 8.77. The number of rotatable bonds is 8. The Morgan fingerprint density at radius 2 is 2.00 bits per heavy atom. The molecule has 0 atom stereocenters. The molecule has 4 rings (SSSR count). The van der Waals surface area contributed by atoms with E-state index >= 15 is 0 Å². The van der Waals surface area contributed by atoms with Gasteiger partial charge in [0, 0.05) is 5.56 Å². The van der Waals surface area contributed by atoms with Gasteiger partial charge in [0.15, 0.2) is 19.8 Å². The van der Waals surface area contributed by atoms with Crippen molar-refractivity contribution in [1.29, 1.82) is 0 Å². The van der Waals surface area contributed by atoms with Crippen LogP contribution in [0.1, 0.15) is 5.89 Å². The van der Waals surface area contributed by atoms with E-state index in [1.807, 2.05) is 30.3 Å². The summed E-state index contributed by atoms with van der Waals surface area (Å²) in [5.74, 6) is 1.16. The van der Waals surface area contributed by atoms with Gasteiger partial charge in [0.05, 0.1) is 18.6 Å². The van der Waals surface area contributed by atoms with Crippen LogP contribution in [0, 0.1) is 3.95 Å². The maximum absolute atomic E-state index is 12.5. The Balaban J connectivity index is 1.46. The summed E-state index contributed by atoms with van der Waals surface area (Å²) in [4.78, 5) is 4.35. The Bertz CT molecular complexity index is 1230. The molecule has 4 aromatic rings. The Hall–Kier alpha value is -2.83. The minimum absolute atomic E-state index is 0.0734. The summed E-state index contributed by atoms with van der Waals surface area (Å²) in [6.07, 6.45) is 0. The molecule has 0 N–H and O–H groups in total. The van der Waals surface area contributed by atoms with Crippen LogP contribution in [0.5, 0.6) is 11.5 Å². The Labute approximate surface area is 188 Å². The van der Waals surface area contributed by atoms with E-state index in [9.17, 15) is 8.78 Å². The standard InChI is InChI=1S/C19H14F2N4O3S3/c1-26-14-9-11(7-8-13(14)27-17(20)21)16-22-15(28-24-16)10-30-18-23-25(19(29)31-18)12-5-3-2-4-6-12/h2-9,17H,10H2,1H3. The number of thioether (sulfide) groups is 1. The Morgan fingerprint density at radius 1 is 1.19 bits per heavy atom. The highest BCUT2D eigenvalue weighted by Gasteiger charge is 2.15. The molecule has 31 heavy (non-hydrogen) atoms. The molecule has 0 aliphatic carbocycles. The van der Waals surface area contributed by atoms with Gasteiger partial charge < -0.3 is 14.0 Å². The van der Waals surface area contributed by atoms with E-state index in [-0.39, 0.29) is 11.5 Å². The summed E-state index contributed by atoms with van der Waals surface area (Å²) in [5.41, 5.74) is 1.44. The number of aromatic nitrogens is 4. The lowest BCUT2D eigenvalue weighted by Crippen LogP contribution is -2.03. The van der Waals surface area contributed by atoms with E-state index in [0.717, 1.165) is 10.0 Å². The molecule has 0 amide bonds. The third-order valence-electron chi connectivity index (χ3n) is 3.96. The quantitative estimate of drug-likeness (QED) is 0.238. The lowest BCUT2D eigenvalue weighted by Gasteiger charge is -2.10. The number of benzene rings is 2. The van der Waals surface area contributed by atoms with Crippen molar-refractivity contribution in [3.63, 3.8) is 0 Å². The molecule has 2 aromatic heterocycles. The number of para-hydroxylation sites is 1. The highest BCUT2D eigenvalue weighted by Crippen LogP contribution is 2.33. The molecule has 0 unspecified atom stereocenters. The number of ether oxygens (including phenoxy) is 2. The van der Waals surface area contributed by atoms with Crippen molar-refractivity contribution in [3.05, 3.63) is 58.4 Å². The second kappa shape index (κ2) is 9.54. The van der Waals surface area contributed by atoms with E-state index in [4.69, 9.17) is 21.5 Å². The Kier molecular flexibility index (Phi) is 6.59. The predicted octanol–water partition coefficient (Wildman–Crippen LogP) is 5.62. The number of hydrogen-bond acceptors (Lipinski definition) is 9. The second-order valence-electron chi connectivity index (χ2n) is 5.93. The van der Waals surface area contributed by atoms with Gasteiger partial charge in [-0.05, 0) is 42.5 Å². The van der Waals surface area contributed by atoms with Crippen LogP contribution in [-0.2, 0) is 5.75 Å². The largest absolute Gasteiger partial charge is 0.493 e. The van der Waals surface area contributed by atoms with Crippen molar-refractivity contribution in [2.24, 2.45) is 0 Å². The molecule has 0 saturated heterocycles. The summed E-state index contributed by atoms with van der Waals surface area (Å²) in [5, 5.41) is 8.48. The van der Waals surface area contributed by atoms with Crippen molar-refractivity contribution >= 4 is 35.3 Å².